The molecule has 8 heteroatoms. The van der Waals surface area contributed by atoms with E-state index in [1.165, 1.54) is 34.8 Å². The summed E-state index contributed by atoms with van der Waals surface area (Å²) in [5, 5.41) is 16.1. The zero-order chi connectivity index (χ0) is 19.5. The number of thiazole rings is 1. The summed E-state index contributed by atoms with van der Waals surface area (Å²) in [6.07, 6.45) is 0. The van der Waals surface area contributed by atoms with E-state index in [0.717, 1.165) is 16.0 Å². The van der Waals surface area contributed by atoms with E-state index in [2.05, 4.69) is 10.3 Å². The summed E-state index contributed by atoms with van der Waals surface area (Å²) in [5.41, 5.74) is 2.40. The summed E-state index contributed by atoms with van der Waals surface area (Å²) in [6.45, 7) is 0. The van der Waals surface area contributed by atoms with Crippen molar-refractivity contribution in [3.63, 3.8) is 0 Å². The van der Waals surface area contributed by atoms with Crippen LogP contribution in [0, 0.1) is 10.1 Å². The number of non-ortho nitro benzene ring substituents is 1. The molecule has 28 heavy (non-hydrogen) atoms. The number of nitro benzene ring substituents is 1. The number of amides is 1. The fourth-order valence-electron chi connectivity index (χ4n) is 2.66. The minimum Gasteiger partial charge on any atom is -0.297 e. The van der Waals surface area contributed by atoms with Crippen LogP contribution in [0.5, 0.6) is 0 Å². The number of nitro groups is 1. The van der Waals surface area contributed by atoms with Gasteiger partial charge < -0.3 is 0 Å². The van der Waals surface area contributed by atoms with Crippen LogP contribution in [0.3, 0.4) is 0 Å². The third-order valence-electron chi connectivity index (χ3n) is 3.98. The predicted molar refractivity (Wildman–Crippen MR) is 112 cm³/mol. The fraction of sp³-hybridized carbons (Fsp3) is 0. The third-order valence-corrected chi connectivity index (χ3v) is 5.87. The Morgan fingerprint density at radius 3 is 2.36 bits per heavy atom. The Kier molecular flexibility index (Phi) is 4.96. The van der Waals surface area contributed by atoms with Gasteiger partial charge in [0.2, 0.25) is 0 Å². The molecule has 0 fully saturated rings. The Morgan fingerprint density at radius 1 is 0.964 bits per heavy atom. The molecular formula is C20H13N3O3S2. The first-order valence-corrected chi connectivity index (χ1v) is 9.97. The van der Waals surface area contributed by atoms with Crippen molar-refractivity contribution >= 4 is 39.4 Å². The van der Waals surface area contributed by atoms with Gasteiger partial charge in [0, 0.05) is 17.7 Å². The average Bonchev–Trinajstić information content (AvgIpc) is 3.39. The van der Waals surface area contributed by atoms with Gasteiger partial charge in [-0.15, -0.1) is 11.3 Å². The van der Waals surface area contributed by atoms with E-state index in [4.69, 9.17) is 0 Å². The van der Waals surface area contributed by atoms with Crippen molar-refractivity contribution < 1.29 is 9.72 Å². The molecule has 0 saturated carbocycles. The minimum atomic E-state index is -0.435. The Labute approximate surface area is 168 Å². The number of nitrogens with zero attached hydrogens (tertiary/aromatic N) is 2. The Hall–Kier alpha value is -3.36. The fourth-order valence-corrected chi connectivity index (χ4v) is 4.27. The van der Waals surface area contributed by atoms with Crippen LogP contribution in [0.4, 0.5) is 10.8 Å². The highest BCUT2D eigenvalue weighted by molar-refractivity contribution is 7.19. The summed E-state index contributed by atoms with van der Waals surface area (Å²) >= 11 is 2.73. The molecule has 0 spiro atoms. The normalized spacial score (nSPS) is 10.6. The van der Waals surface area contributed by atoms with Gasteiger partial charge in [-0.25, -0.2) is 4.98 Å². The molecule has 0 aliphatic heterocycles. The van der Waals surface area contributed by atoms with Crippen molar-refractivity contribution in [2.75, 3.05) is 5.32 Å². The van der Waals surface area contributed by atoms with E-state index < -0.39 is 4.92 Å². The van der Waals surface area contributed by atoms with E-state index >= 15 is 0 Å². The molecule has 0 unspecified atom stereocenters. The van der Waals surface area contributed by atoms with Gasteiger partial charge in [0.1, 0.15) is 0 Å². The molecule has 0 saturated heterocycles. The molecule has 6 nitrogen and oxygen atoms in total. The van der Waals surface area contributed by atoms with Gasteiger partial charge in [0.05, 0.1) is 20.4 Å². The van der Waals surface area contributed by atoms with Gasteiger partial charge in [-0.1, -0.05) is 47.7 Å². The monoisotopic (exact) mass is 407 g/mol. The van der Waals surface area contributed by atoms with Crippen LogP contribution in [0.2, 0.25) is 0 Å². The van der Waals surface area contributed by atoms with Crippen molar-refractivity contribution in [3.05, 3.63) is 87.1 Å². The van der Waals surface area contributed by atoms with Crippen LogP contribution in [-0.2, 0) is 0 Å². The number of carbonyl (C=O) groups excluding carboxylic acids is 1. The molecule has 0 aliphatic rings. The van der Waals surface area contributed by atoms with E-state index in [-0.39, 0.29) is 11.6 Å². The highest BCUT2D eigenvalue weighted by Crippen LogP contribution is 2.39. The number of benzene rings is 2. The van der Waals surface area contributed by atoms with Crippen LogP contribution in [0.25, 0.3) is 21.7 Å². The number of thiophene rings is 1. The Morgan fingerprint density at radius 2 is 1.71 bits per heavy atom. The SMILES string of the molecule is O=C(Nc1nc(-c2ccc([N+](=O)[O-])cc2)c(-c2ccccc2)s1)c1cccs1. The number of carbonyl (C=O) groups is 1. The second kappa shape index (κ2) is 7.71. The van der Waals surface area contributed by atoms with Gasteiger partial charge in [0.15, 0.2) is 5.13 Å². The molecular weight excluding hydrogens is 394 g/mol. The first-order valence-electron chi connectivity index (χ1n) is 8.28. The molecule has 0 atom stereocenters. The van der Waals surface area contributed by atoms with Gasteiger partial charge in [0.25, 0.3) is 11.6 Å². The zero-order valence-corrected chi connectivity index (χ0v) is 16.0. The number of anilines is 1. The van der Waals surface area contributed by atoms with Gasteiger partial charge >= 0.3 is 0 Å². The lowest BCUT2D eigenvalue weighted by atomic mass is 10.1. The minimum absolute atomic E-state index is 0.0199. The molecule has 4 aromatic rings. The number of nitrogens with one attached hydrogen (secondary N) is 1. The molecule has 1 amide bonds. The molecule has 2 aromatic heterocycles. The van der Waals surface area contributed by atoms with Crippen molar-refractivity contribution in [3.8, 4) is 21.7 Å². The first kappa shape index (κ1) is 18.0. The number of hydrogen-bond acceptors (Lipinski definition) is 6. The van der Waals surface area contributed by atoms with E-state index in [1.54, 1.807) is 18.2 Å². The van der Waals surface area contributed by atoms with Crippen LogP contribution in [-0.4, -0.2) is 15.8 Å². The molecule has 0 aliphatic carbocycles. The van der Waals surface area contributed by atoms with Gasteiger partial charge in [-0.2, -0.15) is 0 Å². The standard InChI is InChI=1S/C20H13N3O3S2/c24-19(16-7-4-12-27-16)22-20-21-17(13-8-10-15(11-9-13)23(25)26)18(28-20)14-5-2-1-3-6-14/h1-12H,(H,21,22,24). The van der Waals surface area contributed by atoms with Crippen molar-refractivity contribution in [2.45, 2.75) is 0 Å². The second-order valence-corrected chi connectivity index (χ2v) is 7.74. The van der Waals surface area contributed by atoms with E-state index in [9.17, 15) is 14.9 Å². The van der Waals surface area contributed by atoms with Crippen LogP contribution < -0.4 is 5.32 Å². The molecule has 4 rings (SSSR count). The second-order valence-electron chi connectivity index (χ2n) is 5.80. The number of hydrogen-bond donors (Lipinski definition) is 1. The van der Waals surface area contributed by atoms with Crippen LogP contribution in [0.15, 0.2) is 72.1 Å². The summed E-state index contributed by atoms with van der Waals surface area (Å²) < 4.78 is 0. The smallest absolute Gasteiger partial charge is 0.269 e. The van der Waals surface area contributed by atoms with Crippen LogP contribution in [0.1, 0.15) is 9.67 Å². The van der Waals surface area contributed by atoms with Gasteiger partial charge in [-0.05, 0) is 29.1 Å². The largest absolute Gasteiger partial charge is 0.297 e. The lowest BCUT2D eigenvalue weighted by molar-refractivity contribution is -0.384. The zero-order valence-electron chi connectivity index (χ0n) is 14.4. The third kappa shape index (κ3) is 3.68. The molecule has 138 valence electrons. The summed E-state index contributed by atoms with van der Waals surface area (Å²) in [5.74, 6) is -0.210. The maximum Gasteiger partial charge on any atom is 0.269 e. The van der Waals surface area contributed by atoms with Crippen molar-refractivity contribution in [1.29, 1.82) is 0 Å². The van der Waals surface area contributed by atoms with Crippen molar-refractivity contribution in [2.24, 2.45) is 0 Å². The lowest BCUT2D eigenvalue weighted by Crippen LogP contribution is -2.09. The maximum atomic E-state index is 12.4. The van der Waals surface area contributed by atoms with Crippen molar-refractivity contribution in [1.82, 2.24) is 4.98 Å². The Balaban J connectivity index is 1.74. The Bertz CT molecular complexity index is 1120. The van der Waals surface area contributed by atoms with Gasteiger partial charge in [-0.3, -0.25) is 20.2 Å². The summed E-state index contributed by atoms with van der Waals surface area (Å²) in [7, 11) is 0. The topological polar surface area (TPSA) is 85.1 Å². The summed E-state index contributed by atoms with van der Waals surface area (Å²) in [4.78, 5) is 29.0. The molecule has 0 bridgehead atoms. The lowest BCUT2D eigenvalue weighted by Gasteiger charge is -2.02. The van der Waals surface area contributed by atoms with Crippen LogP contribution >= 0.6 is 22.7 Å². The quantitative estimate of drug-likeness (QED) is 0.340. The molecule has 0 radical (unpaired) electrons. The number of aromatic nitrogens is 1. The van der Waals surface area contributed by atoms with E-state index in [0.29, 0.717) is 15.7 Å². The molecule has 1 N–H and O–H groups in total. The number of rotatable bonds is 5. The highest BCUT2D eigenvalue weighted by Gasteiger charge is 2.18. The maximum absolute atomic E-state index is 12.4. The molecule has 2 heterocycles. The highest BCUT2D eigenvalue weighted by atomic mass is 32.1. The van der Waals surface area contributed by atoms with E-state index in [1.807, 2.05) is 41.8 Å². The average molecular weight is 407 g/mol. The first-order chi connectivity index (χ1) is 13.6. The summed E-state index contributed by atoms with van der Waals surface area (Å²) in [6, 6.07) is 19.5. The molecule has 2 aromatic carbocycles. The predicted octanol–water partition coefficient (Wildman–Crippen LogP) is 5.70.